The summed E-state index contributed by atoms with van der Waals surface area (Å²) in [5.41, 5.74) is -0.179. The third-order valence-corrected chi connectivity index (χ3v) is 3.09. The maximum atomic E-state index is 11.3. The van der Waals surface area contributed by atoms with E-state index in [1.807, 2.05) is 20.8 Å². The molecule has 4 heteroatoms. The van der Waals surface area contributed by atoms with Gasteiger partial charge in [-0.3, -0.25) is 4.79 Å². The third-order valence-electron chi connectivity index (χ3n) is 3.09. The largest absolute Gasteiger partial charge is 0.392 e. The van der Waals surface area contributed by atoms with Crippen LogP contribution in [-0.4, -0.2) is 36.2 Å². The van der Waals surface area contributed by atoms with Gasteiger partial charge in [0, 0.05) is 11.5 Å². The summed E-state index contributed by atoms with van der Waals surface area (Å²) in [4.78, 5) is 11.3. The zero-order valence-corrected chi connectivity index (χ0v) is 9.13. The molecule has 1 rings (SSSR count). The fourth-order valence-electron chi connectivity index (χ4n) is 1.63. The molecule has 1 saturated carbocycles. The molecule has 0 saturated heterocycles. The number of hydrogen-bond donors (Lipinski definition) is 3. The maximum absolute atomic E-state index is 11.3. The molecule has 0 aromatic carbocycles. The molecule has 0 aromatic rings. The molecule has 3 N–H and O–H groups in total. The van der Waals surface area contributed by atoms with Gasteiger partial charge in [-0.25, -0.2) is 0 Å². The molecule has 82 valence electrons. The van der Waals surface area contributed by atoms with Gasteiger partial charge in [0.1, 0.15) is 0 Å². The summed E-state index contributed by atoms with van der Waals surface area (Å²) in [6.45, 7) is 7.06. The smallest absolute Gasteiger partial charge is 0.234 e. The van der Waals surface area contributed by atoms with Gasteiger partial charge < -0.3 is 15.7 Å². The average molecular weight is 200 g/mol. The molecular weight excluding hydrogens is 180 g/mol. The lowest BCUT2D eigenvalue weighted by atomic mass is 9.64. The summed E-state index contributed by atoms with van der Waals surface area (Å²) in [7, 11) is 0. The topological polar surface area (TPSA) is 61.4 Å². The first-order valence-electron chi connectivity index (χ1n) is 5.16. The molecule has 0 heterocycles. The van der Waals surface area contributed by atoms with Gasteiger partial charge in [-0.15, -0.1) is 0 Å². The standard InChI is InChI=1S/C10H20N2O2/c1-4-11-6-9(14)12-7-5-8(13)10(7,2)3/h7-8,11,13H,4-6H2,1-3H3,(H,12,14). The Balaban J connectivity index is 2.29. The first kappa shape index (κ1) is 11.5. The van der Waals surface area contributed by atoms with E-state index >= 15 is 0 Å². The molecule has 4 nitrogen and oxygen atoms in total. The molecule has 0 bridgehead atoms. The third kappa shape index (κ3) is 2.25. The molecule has 1 fully saturated rings. The van der Waals surface area contributed by atoms with Crippen molar-refractivity contribution in [2.45, 2.75) is 39.3 Å². The van der Waals surface area contributed by atoms with Crippen molar-refractivity contribution < 1.29 is 9.90 Å². The molecule has 2 unspecified atom stereocenters. The molecule has 14 heavy (non-hydrogen) atoms. The Bertz CT molecular complexity index is 216. The van der Waals surface area contributed by atoms with Crippen molar-refractivity contribution in [1.29, 1.82) is 0 Å². The van der Waals surface area contributed by atoms with Crippen molar-refractivity contribution >= 4 is 5.91 Å². The molecule has 1 amide bonds. The number of likely N-dealkylation sites (N-methyl/N-ethyl adjacent to an activating group) is 1. The number of carbonyl (C=O) groups excluding carboxylic acids is 1. The highest BCUT2D eigenvalue weighted by atomic mass is 16.3. The van der Waals surface area contributed by atoms with Gasteiger partial charge in [0.25, 0.3) is 0 Å². The molecule has 1 aliphatic carbocycles. The van der Waals surface area contributed by atoms with Crippen LogP contribution in [0.3, 0.4) is 0 Å². The summed E-state index contributed by atoms with van der Waals surface area (Å²) >= 11 is 0. The molecular formula is C10H20N2O2. The van der Waals surface area contributed by atoms with Crippen LogP contribution >= 0.6 is 0 Å². The number of aliphatic hydroxyl groups excluding tert-OH is 1. The van der Waals surface area contributed by atoms with E-state index < -0.39 is 0 Å². The van der Waals surface area contributed by atoms with Gasteiger partial charge in [-0.05, 0) is 13.0 Å². The Morgan fingerprint density at radius 1 is 1.57 bits per heavy atom. The summed E-state index contributed by atoms with van der Waals surface area (Å²) < 4.78 is 0. The van der Waals surface area contributed by atoms with E-state index in [4.69, 9.17) is 0 Å². The zero-order valence-electron chi connectivity index (χ0n) is 9.13. The first-order chi connectivity index (χ1) is 6.48. The number of hydrogen-bond acceptors (Lipinski definition) is 3. The lowest BCUT2D eigenvalue weighted by Crippen LogP contribution is -2.61. The Morgan fingerprint density at radius 2 is 2.21 bits per heavy atom. The van der Waals surface area contributed by atoms with Crippen molar-refractivity contribution in [3.63, 3.8) is 0 Å². The first-order valence-corrected chi connectivity index (χ1v) is 5.16. The Labute approximate surface area is 85.1 Å². The van der Waals surface area contributed by atoms with Gasteiger partial charge >= 0.3 is 0 Å². The van der Waals surface area contributed by atoms with E-state index in [9.17, 15) is 9.90 Å². The number of rotatable bonds is 4. The van der Waals surface area contributed by atoms with Gasteiger partial charge in [0.2, 0.25) is 5.91 Å². The highest BCUT2D eigenvalue weighted by molar-refractivity contribution is 5.78. The monoisotopic (exact) mass is 200 g/mol. The Hall–Kier alpha value is -0.610. The van der Waals surface area contributed by atoms with E-state index in [0.717, 1.165) is 6.54 Å². The quantitative estimate of drug-likeness (QED) is 0.592. The van der Waals surface area contributed by atoms with Crippen molar-refractivity contribution in [1.82, 2.24) is 10.6 Å². The van der Waals surface area contributed by atoms with Crippen LogP contribution in [0.15, 0.2) is 0 Å². The average Bonchev–Trinajstić information content (AvgIpc) is 2.14. The van der Waals surface area contributed by atoms with Gasteiger partial charge in [0.15, 0.2) is 0 Å². The predicted molar refractivity (Wildman–Crippen MR) is 54.9 cm³/mol. The van der Waals surface area contributed by atoms with Crippen LogP contribution in [0.2, 0.25) is 0 Å². The predicted octanol–water partition coefficient (Wildman–Crippen LogP) is -0.128. The second-order valence-corrected chi connectivity index (χ2v) is 4.47. The van der Waals surface area contributed by atoms with E-state index in [-0.39, 0.29) is 23.5 Å². The van der Waals surface area contributed by atoms with Crippen LogP contribution < -0.4 is 10.6 Å². The molecule has 0 spiro atoms. The molecule has 0 aliphatic heterocycles. The van der Waals surface area contributed by atoms with Crippen LogP contribution in [0, 0.1) is 5.41 Å². The fraction of sp³-hybridized carbons (Fsp3) is 0.900. The van der Waals surface area contributed by atoms with Crippen molar-refractivity contribution in [3.05, 3.63) is 0 Å². The second-order valence-electron chi connectivity index (χ2n) is 4.47. The SMILES string of the molecule is CCNCC(=O)NC1CC(O)C1(C)C. The van der Waals surface area contributed by atoms with E-state index in [1.54, 1.807) is 0 Å². The highest BCUT2D eigenvalue weighted by Crippen LogP contribution is 2.40. The summed E-state index contributed by atoms with van der Waals surface area (Å²) in [6, 6.07) is 0.114. The minimum Gasteiger partial charge on any atom is -0.392 e. The van der Waals surface area contributed by atoms with Crippen LogP contribution in [0.25, 0.3) is 0 Å². The van der Waals surface area contributed by atoms with Crippen molar-refractivity contribution in [2.75, 3.05) is 13.1 Å². The Kier molecular flexibility index (Phi) is 3.50. The fourth-order valence-corrected chi connectivity index (χ4v) is 1.63. The van der Waals surface area contributed by atoms with Crippen molar-refractivity contribution in [3.8, 4) is 0 Å². The summed E-state index contributed by atoms with van der Waals surface area (Å²) in [6.07, 6.45) is 0.386. The van der Waals surface area contributed by atoms with Gasteiger partial charge in [-0.2, -0.15) is 0 Å². The van der Waals surface area contributed by atoms with Crippen LogP contribution in [0.4, 0.5) is 0 Å². The minimum absolute atomic E-state index is 0.0109. The normalized spacial score (nSPS) is 29.4. The van der Waals surface area contributed by atoms with Gasteiger partial charge in [0.05, 0.1) is 12.6 Å². The molecule has 0 aromatic heterocycles. The van der Waals surface area contributed by atoms with E-state index in [1.165, 1.54) is 0 Å². The maximum Gasteiger partial charge on any atom is 0.234 e. The van der Waals surface area contributed by atoms with Crippen LogP contribution in [0.5, 0.6) is 0 Å². The molecule has 1 aliphatic rings. The Morgan fingerprint density at radius 3 is 2.64 bits per heavy atom. The second kappa shape index (κ2) is 4.28. The van der Waals surface area contributed by atoms with Crippen LogP contribution in [-0.2, 0) is 4.79 Å². The molecule has 0 radical (unpaired) electrons. The number of carbonyl (C=O) groups is 1. The minimum atomic E-state index is -0.285. The van der Waals surface area contributed by atoms with E-state index in [0.29, 0.717) is 13.0 Å². The van der Waals surface area contributed by atoms with Crippen molar-refractivity contribution in [2.24, 2.45) is 5.41 Å². The summed E-state index contributed by atoms with van der Waals surface area (Å²) in [5, 5.41) is 15.3. The zero-order chi connectivity index (χ0) is 10.8. The number of amides is 1. The number of aliphatic hydroxyl groups is 1. The summed E-state index contributed by atoms with van der Waals surface area (Å²) in [5.74, 6) is 0.0109. The van der Waals surface area contributed by atoms with E-state index in [2.05, 4.69) is 10.6 Å². The lowest BCUT2D eigenvalue weighted by Gasteiger charge is -2.49. The lowest BCUT2D eigenvalue weighted by molar-refractivity contribution is -0.128. The molecule has 2 atom stereocenters. The number of nitrogens with one attached hydrogen (secondary N) is 2. The highest BCUT2D eigenvalue weighted by Gasteiger charge is 2.47. The van der Waals surface area contributed by atoms with Gasteiger partial charge in [-0.1, -0.05) is 20.8 Å². The van der Waals surface area contributed by atoms with Crippen LogP contribution in [0.1, 0.15) is 27.2 Å².